The van der Waals surface area contributed by atoms with Crippen LogP contribution in [0.3, 0.4) is 0 Å². The number of amides is 1. The summed E-state index contributed by atoms with van der Waals surface area (Å²) in [6, 6.07) is 7.01. The van der Waals surface area contributed by atoms with Crippen LogP contribution < -0.4 is 20.5 Å². The van der Waals surface area contributed by atoms with Crippen LogP contribution in [0, 0.1) is 0 Å². The standard InChI is InChI=1S/C20H23N5O3/c1-20(2)9-12-8-14(19(27-4)25-18(12)28-20)17(26)24-16-7-5-6-15(23-16)13(10-21)11-22-3/h5-8,10-11H,9,21H2,1-4H3,(H,23,24,26)/b13-10+,22-11?. The van der Waals surface area contributed by atoms with E-state index in [2.05, 4.69) is 20.3 Å². The Morgan fingerprint density at radius 1 is 1.39 bits per heavy atom. The van der Waals surface area contributed by atoms with E-state index in [4.69, 9.17) is 15.2 Å². The Bertz CT molecular complexity index is 966. The van der Waals surface area contributed by atoms with Gasteiger partial charge in [-0.25, -0.2) is 4.98 Å². The summed E-state index contributed by atoms with van der Waals surface area (Å²) >= 11 is 0. The third-order valence-corrected chi connectivity index (χ3v) is 4.19. The Balaban J connectivity index is 1.88. The molecule has 1 amide bonds. The van der Waals surface area contributed by atoms with Crippen LogP contribution in [0.2, 0.25) is 0 Å². The first-order valence-corrected chi connectivity index (χ1v) is 8.76. The van der Waals surface area contributed by atoms with Crippen molar-refractivity contribution >= 4 is 23.5 Å². The van der Waals surface area contributed by atoms with Crippen LogP contribution >= 0.6 is 0 Å². The van der Waals surface area contributed by atoms with Gasteiger partial charge in [0.25, 0.3) is 5.91 Å². The minimum absolute atomic E-state index is 0.200. The van der Waals surface area contributed by atoms with Gasteiger partial charge in [-0.3, -0.25) is 9.79 Å². The number of carbonyl (C=O) groups excluding carboxylic acids is 1. The third kappa shape index (κ3) is 3.95. The summed E-state index contributed by atoms with van der Waals surface area (Å²) in [5.41, 5.74) is 7.69. The zero-order valence-electron chi connectivity index (χ0n) is 16.3. The van der Waals surface area contributed by atoms with Gasteiger partial charge in [0.15, 0.2) is 0 Å². The number of anilines is 1. The molecule has 8 nitrogen and oxygen atoms in total. The minimum Gasteiger partial charge on any atom is -0.480 e. The molecule has 0 atom stereocenters. The molecule has 146 valence electrons. The average Bonchev–Trinajstić information content (AvgIpc) is 2.97. The minimum atomic E-state index is -0.371. The van der Waals surface area contributed by atoms with Crippen molar-refractivity contribution in [3.8, 4) is 11.8 Å². The first-order valence-electron chi connectivity index (χ1n) is 8.76. The number of nitrogens with two attached hydrogens (primary N) is 1. The molecule has 0 bridgehead atoms. The van der Waals surface area contributed by atoms with E-state index in [-0.39, 0.29) is 17.4 Å². The lowest BCUT2D eigenvalue weighted by Crippen LogP contribution is -2.24. The van der Waals surface area contributed by atoms with E-state index >= 15 is 0 Å². The fourth-order valence-corrected chi connectivity index (χ4v) is 2.99. The Hall–Kier alpha value is -3.42. The molecule has 0 spiro atoms. The summed E-state index contributed by atoms with van der Waals surface area (Å²) < 4.78 is 11.1. The number of methoxy groups -OCH3 is 1. The molecule has 0 unspecified atom stereocenters. The summed E-state index contributed by atoms with van der Waals surface area (Å²) in [4.78, 5) is 25.6. The second kappa shape index (κ2) is 7.67. The topological polar surface area (TPSA) is 112 Å². The van der Waals surface area contributed by atoms with E-state index < -0.39 is 0 Å². The fraction of sp³-hybridized carbons (Fsp3) is 0.300. The Morgan fingerprint density at radius 2 is 2.18 bits per heavy atom. The van der Waals surface area contributed by atoms with Crippen molar-refractivity contribution in [2.45, 2.75) is 25.9 Å². The molecule has 0 aliphatic carbocycles. The van der Waals surface area contributed by atoms with Gasteiger partial charge < -0.3 is 20.5 Å². The largest absolute Gasteiger partial charge is 0.480 e. The van der Waals surface area contributed by atoms with Crippen molar-refractivity contribution in [3.05, 3.63) is 47.3 Å². The molecule has 1 aliphatic heterocycles. The predicted octanol–water partition coefficient (Wildman–Crippen LogP) is 2.45. The molecule has 0 saturated carbocycles. The van der Waals surface area contributed by atoms with Gasteiger partial charge in [-0.1, -0.05) is 6.07 Å². The summed E-state index contributed by atoms with van der Waals surface area (Å²) in [5, 5.41) is 2.78. The number of hydrogen-bond acceptors (Lipinski definition) is 7. The van der Waals surface area contributed by atoms with E-state index in [0.717, 1.165) is 5.56 Å². The number of aromatic nitrogens is 2. The van der Waals surface area contributed by atoms with Gasteiger partial charge in [-0.2, -0.15) is 4.98 Å². The molecule has 3 heterocycles. The smallest absolute Gasteiger partial charge is 0.262 e. The number of aliphatic imine (C=N–C) groups is 1. The predicted molar refractivity (Wildman–Crippen MR) is 108 cm³/mol. The molecule has 0 fully saturated rings. The zero-order valence-corrected chi connectivity index (χ0v) is 16.3. The van der Waals surface area contributed by atoms with Gasteiger partial charge in [0.05, 0.1) is 12.8 Å². The first kappa shape index (κ1) is 19.3. The van der Waals surface area contributed by atoms with Crippen LogP contribution in [0.15, 0.2) is 35.5 Å². The highest BCUT2D eigenvalue weighted by molar-refractivity contribution is 6.09. The highest BCUT2D eigenvalue weighted by Gasteiger charge is 2.33. The van der Waals surface area contributed by atoms with Crippen LogP contribution in [0.25, 0.3) is 5.57 Å². The number of nitrogens with one attached hydrogen (secondary N) is 1. The molecule has 0 saturated heterocycles. The van der Waals surface area contributed by atoms with Crippen molar-refractivity contribution < 1.29 is 14.3 Å². The van der Waals surface area contributed by atoms with Crippen molar-refractivity contribution in [2.75, 3.05) is 19.5 Å². The summed E-state index contributed by atoms with van der Waals surface area (Å²) in [5.74, 6) is 0.704. The monoisotopic (exact) mass is 381 g/mol. The van der Waals surface area contributed by atoms with Gasteiger partial charge >= 0.3 is 0 Å². The molecular weight excluding hydrogens is 358 g/mol. The normalized spacial score (nSPS) is 15.2. The molecule has 2 aromatic rings. The van der Waals surface area contributed by atoms with E-state index in [1.54, 1.807) is 37.5 Å². The molecular formula is C20H23N5O3. The molecule has 8 heteroatoms. The molecule has 0 aromatic carbocycles. The van der Waals surface area contributed by atoms with E-state index in [0.29, 0.717) is 34.9 Å². The zero-order chi connectivity index (χ0) is 20.3. The van der Waals surface area contributed by atoms with Gasteiger partial charge in [0.2, 0.25) is 11.8 Å². The van der Waals surface area contributed by atoms with E-state index in [1.165, 1.54) is 13.3 Å². The molecule has 0 radical (unpaired) electrons. The Kier molecular flexibility index (Phi) is 5.30. The van der Waals surface area contributed by atoms with Crippen LogP contribution in [0.1, 0.15) is 35.5 Å². The highest BCUT2D eigenvalue weighted by Crippen LogP contribution is 2.36. The maximum absolute atomic E-state index is 12.9. The number of pyridine rings is 2. The van der Waals surface area contributed by atoms with Gasteiger partial charge in [-0.15, -0.1) is 0 Å². The fourth-order valence-electron chi connectivity index (χ4n) is 2.99. The Morgan fingerprint density at radius 3 is 2.86 bits per heavy atom. The van der Waals surface area contributed by atoms with Gasteiger partial charge in [0.1, 0.15) is 17.0 Å². The molecule has 3 rings (SSSR count). The Labute approximate surface area is 163 Å². The van der Waals surface area contributed by atoms with Gasteiger partial charge in [-0.05, 0) is 32.0 Å². The third-order valence-electron chi connectivity index (χ3n) is 4.19. The maximum atomic E-state index is 12.9. The van der Waals surface area contributed by atoms with E-state index in [9.17, 15) is 4.79 Å². The lowest BCUT2D eigenvalue weighted by Gasteiger charge is -2.16. The van der Waals surface area contributed by atoms with Crippen molar-refractivity contribution in [1.82, 2.24) is 9.97 Å². The number of hydrogen-bond donors (Lipinski definition) is 2. The highest BCUT2D eigenvalue weighted by atomic mass is 16.5. The number of fused-ring (bicyclic) bond motifs is 1. The molecule has 3 N–H and O–H groups in total. The number of ether oxygens (including phenoxy) is 2. The quantitative estimate of drug-likeness (QED) is 0.770. The van der Waals surface area contributed by atoms with Crippen LogP contribution in [0.5, 0.6) is 11.8 Å². The van der Waals surface area contributed by atoms with Crippen molar-refractivity contribution in [3.63, 3.8) is 0 Å². The SMILES string of the molecule is CN=C/C(=C\N)c1cccc(NC(=O)c2cc3c(nc2OC)OC(C)(C)C3)n1. The second-order valence-corrected chi connectivity index (χ2v) is 6.92. The summed E-state index contributed by atoms with van der Waals surface area (Å²) in [7, 11) is 3.11. The lowest BCUT2D eigenvalue weighted by molar-refractivity contribution is 0.102. The average molecular weight is 381 g/mol. The van der Waals surface area contributed by atoms with Crippen LogP contribution in [0.4, 0.5) is 5.82 Å². The van der Waals surface area contributed by atoms with Crippen LogP contribution in [-0.2, 0) is 6.42 Å². The number of nitrogens with zero attached hydrogens (tertiary/aromatic N) is 3. The number of rotatable bonds is 5. The number of carbonyl (C=O) groups is 1. The maximum Gasteiger partial charge on any atom is 0.262 e. The summed E-state index contributed by atoms with van der Waals surface area (Å²) in [6.45, 7) is 3.94. The summed E-state index contributed by atoms with van der Waals surface area (Å²) in [6.07, 6.45) is 3.67. The van der Waals surface area contributed by atoms with Crippen molar-refractivity contribution in [1.29, 1.82) is 0 Å². The molecule has 1 aliphatic rings. The molecule has 28 heavy (non-hydrogen) atoms. The van der Waals surface area contributed by atoms with Crippen LogP contribution in [-0.4, -0.2) is 41.8 Å². The van der Waals surface area contributed by atoms with Gasteiger partial charge in [0, 0.05) is 37.0 Å². The van der Waals surface area contributed by atoms with E-state index in [1.807, 2.05) is 13.8 Å². The number of allylic oxidation sites excluding steroid dienone is 1. The lowest BCUT2D eigenvalue weighted by atomic mass is 10.0. The first-order chi connectivity index (χ1) is 13.4. The molecule has 2 aromatic heterocycles. The van der Waals surface area contributed by atoms with Crippen molar-refractivity contribution in [2.24, 2.45) is 10.7 Å². The second-order valence-electron chi connectivity index (χ2n) is 6.92.